The van der Waals surface area contributed by atoms with Crippen LogP contribution in [0.5, 0.6) is 0 Å². The Morgan fingerprint density at radius 2 is 2.27 bits per heavy atom. The molecular formula is C8H5ClF2INO2. The second-order valence-corrected chi connectivity index (χ2v) is 4.14. The summed E-state index contributed by atoms with van der Waals surface area (Å²) in [6.07, 6.45) is -3.11. The highest BCUT2D eigenvalue weighted by atomic mass is 127. The molecule has 7 heteroatoms. The van der Waals surface area contributed by atoms with Crippen molar-refractivity contribution < 1.29 is 18.7 Å². The fourth-order valence-corrected chi connectivity index (χ4v) is 1.93. The van der Waals surface area contributed by atoms with Crippen molar-refractivity contribution >= 4 is 40.2 Å². The van der Waals surface area contributed by atoms with Gasteiger partial charge in [0.25, 0.3) is 6.43 Å². The summed E-state index contributed by atoms with van der Waals surface area (Å²) >= 11 is 7.15. The van der Waals surface area contributed by atoms with E-state index in [9.17, 15) is 13.6 Å². The van der Waals surface area contributed by atoms with Crippen LogP contribution in [0.3, 0.4) is 0 Å². The van der Waals surface area contributed by atoms with Crippen LogP contribution in [0.4, 0.5) is 8.78 Å². The van der Waals surface area contributed by atoms with Gasteiger partial charge < -0.3 is 5.11 Å². The van der Waals surface area contributed by atoms with Crippen LogP contribution in [0.2, 0.25) is 5.15 Å². The van der Waals surface area contributed by atoms with Gasteiger partial charge >= 0.3 is 5.97 Å². The Morgan fingerprint density at radius 3 is 2.73 bits per heavy atom. The van der Waals surface area contributed by atoms with E-state index < -0.39 is 18.1 Å². The summed E-state index contributed by atoms with van der Waals surface area (Å²) in [5.74, 6) is -1.10. The van der Waals surface area contributed by atoms with Crippen molar-refractivity contribution in [2.24, 2.45) is 0 Å². The molecule has 0 aliphatic rings. The van der Waals surface area contributed by atoms with Gasteiger partial charge in [-0.3, -0.25) is 4.79 Å². The molecule has 82 valence electrons. The van der Waals surface area contributed by atoms with Crippen LogP contribution in [-0.2, 0) is 11.2 Å². The molecule has 15 heavy (non-hydrogen) atoms. The van der Waals surface area contributed by atoms with E-state index in [1.807, 2.05) is 0 Å². The van der Waals surface area contributed by atoms with E-state index in [4.69, 9.17) is 16.7 Å². The van der Waals surface area contributed by atoms with Crippen molar-refractivity contribution in [1.29, 1.82) is 0 Å². The number of rotatable bonds is 3. The van der Waals surface area contributed by atoms with Crippen LogP contribution in [0, 0.1) is 3.57 Å². The Bertz CT molecular complexity index is 400. The number of carbonyl (C=O) groups is 1. The van der Waals surface area contributed by atoms with Crippen LogP contribution < -0.4 is 0 Å². The average Bonchev–Trinajstić information content (AvgIpc) is 2.09. The zero-order valence-corrected chi connectivity index (χ0v) is 10.1. The van der Waals surface area contributed by atoms with E-state index in [1.54, 1.807) is 22.6 Å². The first-order valence-corrected chi connectivity index (χ1v) is 5.22. The number of halogens is 4. The summed E-state index contributed by atoms with van der Waals surface area (Å²) in [7, 11) is 0. The summed E-state index contributed by atoms with van der Waals surface area (Å²) in [5, 5.41) is 8.43. The number of pyridine rings is 1. The topological polar surface area (TPSA) is 50.2 Å². The molecule has 0 aliphatic carbocycles. The fourth-order valence-electron chi connectivity index (χ4n) is 1.00. The maximum Gasteiger partial charge on any atom is 0.307 e. The molecule has 0 saturated carbocycles. The van der Waals surface area contributed by atoms with Crippen LogP contribution in [0.15, 0.2) is 6.07 Å². The van der Waals surface area contributed by atoms with Gasteiger partial charge in [-0.15, -0.1) is 0 Å². The second-order valence-electron chi connectivity index (χ2n) is 2.67. The Hall–Kier alpha value is -0.500. The lowest BCUT2D eigenvalue weighted by molar-refractivity contribution is -0.136. The lowest BCUT2D eigenvalue weighted by atomic mass is 10.1. The third-order valence-electron chi connectivity index (χ3n) is 1.58. The fraction of sp³-hybridized carbons (Fsp3) is 0.250. The van der Waals surface area contributed by atoms with E-state index >= 15 is 0 Å². The monoisotopic (exact) mass is 347 g/mol. The van der Waals surface area contributed by atoms with Gasteiger partial charge in [0.05, 0.1) is 6.42 Å². The van der Waals surface area contributed by atoms with E-state index in [2.05, 4.69) is 4.98 Å². The number of aliphatic carboxylic acids is 1. The number of carboxylic acids is 1. The van der Waals surface area contributed by atoms with Gasteiger partial charge in [-0.1, -0.05) is 11.6 Å². The number of hydrogen-bond donors (Lipinski definition) is 1. The van der Waals surface area contributed by atoms with Crippen molar-refractivity contribution in [1.82, 2.24) is 4.98 Å². The first kappa shape index (κ1) is 12.6. The number of alkyl halides is 2. The van der Waals surface area contributed by atoms with Gasteiger partial charge in [0.1, 0.15) is 10.8 Å². The maximum atomic E-state index is 12.5. The van der Waals surface area contributed by atoms with Crippen molar-refractivity contribution in [2.45, 2.75) is 12.8 Å². The standard InChI is InChI=1S/C8H5ClF2INO2/c9-4-1-3(2-5(14)15)6(12)7(13-4)8(10)11/h1,8H,2H2,(H,14,15). The first-order chi connectivity index (χ1) is 6.91. The van der Waals surface area contributed by atoms with Crippen LogP contribution in [-0.4, -0.2) is 16.1 Å². The van der Waals surface area contributed by atoms with Crippen LogP contribution in [0.1, 0.15) is 17.7 Å². The highest BCUT2D eigenvalue weighted by Gasteiger charge is 2.18. The van der Waals surface area contributed by atoms with Crippen molar-refractivity contribution in [3.05, 3.63) is 26.0 Å². The van der Waals surface area contributed by atoms with Gasteiger partial charge in [-0.25, -0.2) is 13.8 Å². The number of hydrogen-bond acceptors (Lipinski definition) is 2. The molecule has 0 fully saturated rings. The number of carboxylic acid groups (broad SMARTS) is 1. The predicted molar refractivity (Wildman–Crippen MR) is 58.3 cm³/mol. The van der Waals surface area contributed by atoms with E-state index in [-0.39, 0.29) is 20.7 Å². The average molecular weight is 347 g/mol. The summed E-state index contributed by atoms with van der Waals surface area (Å²) in [4.78, 5) is 13.9. The van der Waals surface area contributed by atoms with E-state index in [0.717, 1.165) is 0 Å². The molecule has 0 atom stereocenters. The minimum absolute atomic E-state index is 0.123. The summed E-state index contributed by atoms with van der Waals surface area (Å²) in [6, 6.07) is 1.28. The van der Waals surface area contributed by atoms with E-state index in [1.165, 1.54) is 6.07 Å². The van der Waals surface area contributed by atoms with Crippen molar-refractivity contribution in [3.8, 4) is 0 Å². The normalized spacial score (nSPS) is 10.7. The molecule has 1 N–H and O–H groups in total. The maximum absolute atomic E-state index is 12.5. The Balaban J connectivity index is 3.21. The zero-order chi connectivity index (χ0) is 11.6. The third-order valence-corrected chi connectivity index (χ3v) is 3.01. The van der Waals surface area contributed by atoms with E-state index in [0.29, 0.717) is 0 Å². The molecule has 0 aromatic carbocycles. The quantitative estimate of drug-likeness (QED) is 0.676. The zero-order valence-electron chi connectivity index (χ0n) is 7.18. The van der Waals surface area contributed by atoms with Gasteiger partial charge in [0.2, 0.25) is 0 Å². The Morgan fingerprint density at radius 1 is 1.67 bits per heavy atom. The molecule has 1 heterocycles. The highest BCUT2D eigenvalue weighted by Crippen LogP contribution is 2.27. The first-order valence-electron chi connectivity index (χ1n) is 3.76. The minimum Gasteiger partial charge on any atom is -0.481 e. The molecule has 0 aliphatic heterocycles. The Labute approximate surface area is 103 Å². The van der Waals surface area contributed by atoms with Crippen LogP contribution in [0.25, 0.3) is 0 Å². The smallest absolute Gasteiger partial charge is 0.307 e. The molecular weight excluding hydrogens is 342 g/mol. The SMILES string of the molecule is O=C(O)Cc1cc(Cl)nc(C(F)F)c1I. The van der Waals surface area contributed by atoms with Crippen LogP contribution >= 0.6 is 34.2 Å². The number of nitrogens with zero attached hydrogens (tertiary/aromatic N) is 1. The molecule has 0 radical (unpaired) electrons. The van der Waals surface area contributed by atoms with Gasteiger partial charge in [0.15, 0.2) is 0 Å². The molecule has 3 nitrogen and oxygen atoms in total. The lowest BCUT2D eigenvalue weighted by Gasteiger charge is -2.07. The van der Waals surface area contributed by atoms with Crippen molar-refractivity contribution in [3.63, 3.8) is 0 Å². The third kappa shape index (κ3) is 3.23. The molecule has 0 bridgehead atoms. The predicted octanol–water partition coefficient (Wildman–Crippen LogP) is 2.90. The van der Waals surface area contributed by atoms with Crippen molar-refractivity contribution in [2.75, 3.05) is 0 Å². The molecule has 1 aromatic heterocycles. The molecule has 1 rings (SSSR count). The molecule has 1 aromatic rings. The molecule has 0 amide bonds. The van der Waals surface area contributed by atoms with Gasteiger partial charge in [-0.05, 0) is 34.2 Å². The largest absolute Gasteiger partial charge is 0.481 e. The number of aromatic nitrogens is 1. The lowest BCUT2D eigenvalue weighted by Crippen LogP contribution is -2.06. The minimum atomic E-state index is -2.76. The highest BCUT2D eigenvalue weighted by molar-refractivity contribution is 14.1. The van der Waals surface area contributed by atoms with Gasteiger partial charge in [0, 0.05) is 3.57 Å². The summed E-state index contributed by atoms with van der Waals surface area (Å²) < 4.78 is 25.1. The molecule has 0 saturated heterocycles. The molecule has 0 unspecified atom stereocenters. The molecule has 0 spiro atoms. The second kappa shape index (κ2) is 5.02. The van der Waals surface area contributed by atoms with Gasteiger partial charge in [-0.2, -0.15) is 0 Å². The Kier molecular flexibility index (Phi) is 4.21. The summed E-state index contributed by atoms with van der Waals surface area (Å²) in [5.41, 5.74) is -0.224. The summed E-state index contributed by atoms with van der Waals surface area (Å²) in [6.45, 7) is 0.